The number of nitrogens with one attached hydrogen (secondary N) is 2. The fourth-order valence-electron chi connectivity index (χ4n) is 2.68. The Kier molecular flexibility index (Phi) is 7.75. The van der Waals surface area contributed by atoms with Gasteiger partial charge in [-0.15, -0.1) is 0 Å². The third-order valence-corrected chi connectivity index (χ3v) is 6.17. The minimum Gasteiger partial charge on any atom is -0.449 e. The van der Waals surface area contributed by atoms with Gasteiger partial charge in [-0.3, -0.25) is 9.52 Å². The molecule has 0 unspecified atom stereocenters. The highest BCUT2D eigenvalue weighted by atomic mass is 35.5. The highest BCUT2D eigenvalue weighted by molar-refractivity contribution is 7.92. The van der Waals surface area contributed by atoms with Crippen molar-refractivity contribution in [2.45, 2.75) is 17.9 Å². The number of esters is 1. The summed E-state index contributed by atoms with van der Waals surface area (Å²) >= 11 is 11.8. The van der Waals surface area contributed by atoms with E-state index in [0.29, 0.717) is 27.9 Å². The van der Waals surface area contributed by atoms with Gasteiger partial charge in [-0.05, 0) is 67.6 Å². The molecule has 3 aromatic rings. The van der Waals surface area contributed by atoms with E-state index in [0.717, 1.165) is 6.07 Å². The van der Waals surface area contributed by atoms with E-state index in [-0.39, 0.29) is 11.3 Å². The number of ether oxygens (including phenoxy) is 1. The normalized spacial score (nSPS) is 12.0. The molecule has 2 N–H and O–H groups in total. The van der Waals surface area contributed by atoms with Crippen LogP contribution in [0.3, 0.4) is 0 Å². The molecule has 178 valence electrons. The predicted octanol–water partition coefficient (Wildman–Crippen LogP) is 5.26. The maximum Gasteiger partial charge on any atom is 0.338 e. The average molecular weight is 529 g/mol. The second kappa shape index (κ2) is 10.4. The molecule has 3 rings (SSSR count). The highest BCUT2D eigenvalue weighted by Gasteiger charge is 2.20. The molecule has 3 aromatic carbocycles. The molecule has 0 aliphatic heterocycles. The summed E-state index contributed by atoms with van der Waals surface area (Å²) in [6.45, 7) is 1.36. The Morgan fingerprint density at radius 3 is 2.09 bits per heavy atom. The number of rotatable bonds is 7. The monoisotopic (exact) mass is 528 g/mol. The molecule has 0 bridgehead atoms. The lowest BCUT2D eigenvalue weighted by atomic mass is 10.2. The van der Waals surface area contributed by atoms with E-state index in [1.165, 1.54) is 49.4 Å². The number of hydrogen-bond donors (Lipinski definition) is 2. The number of carbonyl (C=O) groups excluding carboxylic acids is 2. The van der Waals surface area contributed by atoms with E-state index in [2.05, 4.69) is 10.0 Å². The third-order valence-electron chi connectivity index (χ3n) is 4.36. The molecule has 1 atom stereocenters. The summed E-state index contributed by atoms with van der Waals surface area (Å²) in [6.07, 6.45) is -1.17. The van der Waals surface area contributed by atoms with Crippen LogP contribution < -0.4 is 10.0 Å². The Hall–Kier alpha value is -3.21. The number of amides is 1. The number of carbonyl (C=O) groups is 2. The fraction of sp³-hybridized carbons (Fsp3) is 0.0909. The lowest BCUT2D eigenvalue weighted by Gasteiger charge is -2.14. The van der Waals surface area contributed by atoms with Gasteiger partial charge in [-0.1, -0.05) is 23.2 Å². The molecule has 0 heterocycles. The first kappa shape index (κ1) is 25.4. The molecule has 7 nitrogen and oxygen atoms in total. The van der Waals surface area contributed by atoms with E-state index in [1.807, 2.05) is 0 Å². The molecule has 0 radical (unpaired) electrons. The lowest BCUT2D eigenvalue weighted by Crippen LogP contribution is -2.30. The van der Waals surface area contributed by atoms with Crippen molar-refractivity contribution >= 4 is 56.5 Å². The van der Waals surface area contributed by atoms with Crippen LogP contribution in [-0.2, 0) is 19.6 Å². The second-order valence-corrected chi connectivity index (χ2v) is 9.51. The Morgan fingerprint density at radius 1 is 0.882 bits per heavy atom. The molecule has 0 aliphatic carbocycles. The van der Waals surface area contributed by atoms with Gasteiger partial charge >= 0.3 is 5.97 Å². The molecule has 34 heavy (non-hydrogen) atoms. The SMILES string of the molecule is C[C@H](OC(=O)c1ccc(NS(=O)(=O)c2ccc(F)c(F)c2)cc1)C(=O)Nc1cc(Cl)cc(Cl)c1. The van der Waals surface area contributed by atoms with Crippen molar-refractivity contribution < 1.29 is 31.5 Å². The number of hydrogen-bond acceptors (Lipinski definition) is 5. The van der Waals surface area contributed by atoms with Gasteiger partial charge in [0.05, 0.1) is 10.5 Å². The minimum absolute atomic E-state index is 0.0428. The molecule has 0 aliphatic rings. The van der Waals surface area contributed by atoms with Crippen LogP contribution in [0.25, 0.3) is 0 Å². The zero-order chi connectivity index (χ0) is 25.0. The Labute approximate surface area is 203 Å². The Balaban J connectivity index is 1.62. The Bertz CT molecular complexity index is 1330. The van der Waals surface area contributed by atoms with Gasteiger partial charge in [0.1, 0.15) is 0 Å². The van der Waals surface area contributed by atoms with Crippen molar-refractivity contribution in [1.82, 2.24) is 0 Å². The van der Waals surface area contributed by atoms with Crippen molar-refractivity contribution in [2.75, 3.05) is 10.0 Å². The maximum atomic E-state index is 13.3. The zero-order valence-electron chi connectivity index (χ0n) is 17.3. The predicted molar refractivity (Wildman–Crippen MR) is 124 cm³/mol. The molecule has 12 heteroatoms. The zero-order valence-corrected chi connectivity index (χ0v) is 19.6. The van der Waals surface area contributed by atoms with Crippen LogP contribution in [-0.4, -0.2) is 26.4 Å². The standard InChI is InChI=1S/C22H16Cl2F2N2O5S/c1-12(21(29)27-17-9-14(23)8-15(24)10-17)33-22(30)13-2-4-16(5-3-13)28-34(31,32)18-6-7-19(25)20(26)11-18/h2-12,28H,1H3,(H,27,29)/t12-/m0/s1. The van der Waals surface area contributed by atoms with Gasteiger partial charge in [0.25, 0.3) is 15.9 Å². The van der Waals surface area contributed by atoms with Gasteiger partial charge < -0.3 is 10.1 Å². The van der Waals surface area contributed by atoms with Crippen LogP contribution in [0.5, 0.6) is 0 Å². The largest absolute Gasteiger partial charge is 0.449 e. The highest BCUT2D eigenvalue weighted by Crippen LogP contribution is 2.23. The molecule has 0 saturated carbocycles. The summed E-state index contributed by atoms with van der Waals surface area (Å²) in [4.78, 5) is 24.2. The third kappa shape index (κ3) is 6.43. The van der Waals surface area contributed by atoms with E-state index in [9.17, 15) is 26.8 Å². The first-order valence-electron chi connectivity index (χ1n) is 9.50. The number of anilines is 2. The summed E-state index contributed by atoms with van der Waals surface area (Å²) in [6, 6.07) is 11.7. The Morgan fingerprint density at radius 2 is 1.50 bits per heavy atom. The average Bonchev–Trinajstić information content (AvgIpc) is 2.75. The van der Waals surface area contributed by atoms with Crippen molar-refractivity contribution in [3.05, 3.63) is 87.9 Å². The van der Waals surface area contributed by atoms with Gasteiger partial charge in [0.2, 0.25) is 0 Å². The van der Waals surface area contributed by atoms with E-state index >= 15 is 0 Å². The van der Waals surface area contributed by atoms with Crippen LogP contribution in [0.15, 0.2) is 65.6 Å². The van der Waals surface area contributed by atoms with E-state index in [1.54, 1.807) is 0 Å². The minimum atomic E-state index is -4.20. The molecule has 1 amide bonds. The van der Waals surface area contributed by atoms with Crippen molar-refractivity contribution in [1.29, 1.82) is 0 Å². The summed E-state index contributed by atoms with van der Waals surface area (Å²) in [5, 5.41) is 3.15. The van der Waals surface area contributed by atoms with Crippen LogP contribution in [0.4, 0.5) is 20.2 Å². The van der Waals surface area contributed by atoms with Crippen LogP contribution in [0.1, 0.15) is 17.3 Å². The molecule has 0 spiro atoms. The van der Waals surface area contributed by atoms with E-state index < -0.39 is 44.5 Å². The van der Waals surface area contributed by atoms with Crippen LogP contribution in [0.2, 0.25) is 10.0 Å². The topological polar surface area (TPSA) is 102 Å². The van der Waals surface area contributed by atoms with Gasteiger partial charge in [-0.2, -0.15) is 0 Å². The maximum absolute atomic E-state index is 13.3. The van der Waals surface area contributed by atoms with Crippen LogP contribution >= 0.6 is 23.2 Å². The molecule has 0 aromatic heterocycles. The van der Waals surface area contributed by atoms with Gasteiger partial charge in [0, 0.05) is 21.4 Å². The van der Waals surface area contributed by atoms with Crippen molar-refractivity contribution in [3.8, 4) is 0 Å². The first-order chi connectivity index (χ1) is 15.9. The summed E-state index contributed by atoms with van der Waals surface area (Å²) < 4.78 is 58.4. The summed E-state index contributed by atoms with van der Waals surface area (Å²) in [5.41, 5.74) is 0.425. The number of halogens is 4. The summed E-state index contributed by atoms with van der Waals surface area (Å²) in [5.74, 6) is -3.94. The van der Waals surface area contributed by atoms with Gasteiger partial charge in [-0.25, -0.2) is 22.0 Å². The quantitative estimate of drug-likeness (QED) is 0.407. The fourth-order valence-corrected chi connectivity index (χ4v) is 4.28. The number of benzene rings is 3. The van der Waals surface area contributed by atoms with E-state index in [4.69, 9.17) is 27.9 Å². The van der Waals surface area contributed by atoms with Crippen LogP contribution in [0, 0.1) is 11.6 Å². The summed E-state index contributed by atoms with van der Waals surface area (Å²) in [7, 11) is -4.20. The van der Waals surface area contributed by atoms with Gasteiger partial charge in [0.15, 0.2) is 17.7 Å². The smallest absolute Gasteiger partial charge is 0.338 e. The molecular weight excluding hydrogens is 513 g/mol. The number of sulfonamides is 1. The second-order valence-electron chi connectivity index (χ2n) is 6.95. The lowest BCUT2D eigenvalue weighted by molar-refractivity contribution is -0.123. The molecule has 0 saturated heterocycles. The van der Waals surface area contributed by atoms with Crippen molar-refractivity contribution in [2.24, 2.45) is 0 Å². The molecule has 0 fully saturated rings. The molecular formula is C22H16Cl2F2N2O5S. The van der Waals surface area contributed by atoms with Crippen molar-refractivity contribution in [3.63, 3.8) is 0 Å². The first-order valence-corrected chi connectivity index (χ1v) is 11.7.